The van der Waals surface area contributed by atoms with Gasteiger partial charge in [-0.05, 0) is 19.8 Å². The summed E-state index contributed by atoms with van der Waals surface area (Å²) in [5.41, 5.74) is 0.578. The largest absolute Gasteiger partial charge is 0.358 e. The van der Waals surface area contributed by atoms with E-state index in [9.17, 15) is 13.2 Å². The van der Waals surface area contributed by atoms with Crippen molar-refractivity contribution in [3.05, 3.63) is 22.1 Å². The van der Waals surface area contributed by atoms with Crippen molar-refractivity contribution >= 4 is 31.3 Å². The van der Waals surface area contributed by atoms with Gasteiger partial charge >= 0.3 is 0 Å². The predicted molar refractivity (Wildman–Crippen MR) is 88.5 cm³/mol. The Labute approximate surface area is 133 Å². The van der Waals surface area contributed by atoms with Crippen molar-refractivity contribution in [2.75, 3.05) is 17.3 Å². The zero-order valence-corrected chi connectivity index (χ0v) is 14.5. The fourth-order valence-corrected chi connectivity index (χ4v) is 3.69. The SMILES string of the molecule is CCCc1cc(=O)n2nc(NC(C)CCS(C)(=O)=O)sc2n1. The first-order valence-corrected chi connectivity index (χ1v) is 10.00. The molecular formula is C13H20N4O3S2. The molecule has 0 aromatic carbocycles. The normalized spacial score (nSPS) is 13.4. The van der Waals surface area contributed by atoms with E-state index in [4.69, 9.17) is 0 Å². The van der Waals surface area contributed by atoms with Crippen molar-refractivity contribution in [3.63, 3.8) is 0 Å². The van der Waals surface area contributed by atoms with Gasteiger partial charge in [0.1, 0.15) is 9.84 Å². The molecule has 0 aliphatic rings. The Morgan fingerprint density at radius 2 is 2.18 bits per heavy atom. The molecule has 1 unspecified atom stereocenters. The van der Waals surface area contributed by atoms with Crippen LogP contribution in [-0.4, -0.2) is 41.1 Å². The van der Waals surface area contributed by atoms with E-state index in [1.807, 2.05) is 13.8 Å². The van der Waals surface area contributed by atoms with Crippen LogP contribution in [-0.2, 0) is 16.3 Å². The highest BCUT2D eigenvalue weighted by molar-refractivity contribution is 7.90. The van der Waals surface area contributed by atoms with Gasteiger partial charge in [0, 0.05) is 24.1 Å². The number of hydrogen-bond donors (Lipinski definition) is 1. The highest BCUT2D eigenvalue weighted by Gasteiger charge is 2.12. The second-order valence-electron chi connectivity index (χ2n) is 5.40. The summed E-state index contributed by atoms with van der Waals surface area (Å²) in [4.78, 5) is 17.0. The molecule has 0 bridgehead atoms. The molecule has 2 aromatic rings. The van der Waals surface area contributed by atoms with Crippen LogP contribution in [0.15, 0.2) is 10.9 Å². The fourth-order valence-electron chi connectivity index (χ4n) is 1.97. The zero-order valence-electron chi connectivity index (χ0n) is 12.9. The van der Waals surface area contributed by atoms with E-state index < -0.39 is 9.84 Å². The third-order valence-electron chi connectivity index (χ3n) is 3.10. The highest BCUT2D eigenvalue weighted by atomic mass is 32.2. The molecule has 22 heavy (non-hydrogen) atoms. The molecule has 2 heterocycles. The molecule has 1 N–H and O–H groups in total. The third-order valence-corrected chi connectivity index (χ3v) is 4.91. The van der Waals surface area contributed by atoms with Crippen molar-refractivity contribution in [2.45, 2.75) is 39.2 Å². The quantitative estimate of drug-likeness (QED) is 0.815. The molecule has 7 nitrogen and oxygen atoms in total. The number of nitrogens with one attached hydrogen (secondary N) is 1. The minimum absolute atomic E-state index is 0.0545. The van der Waals surface area contributed by atoms with Gasteiger partial charge in [-0.1, -0.05) is 24.7 Å². The summed E-state index contributed by atoms with van der Waals surface area (Å²) in [6, 6.07) is 1.45. The second-order valence-corrected chi connectivity index (χ2v) is 8.62. The van der Waals surface area contributed by atoms with Crippen LogP contribution in [0.25, 0.3) is 4.96 Å². The van der Waals surface area contributed by atoms with Gasteiger partial charge in [-0.15, -0.1) is 5.10 Å². The lowest BCUT2D eigenvalue weighted by atomic mass is 10.2. The second kappa shape index (κ2) is 6.74. The molecule has 0 aliphatic carbocycles. The van der Waals surface area contributed by atoms with Crippen molar-refractivity contribution in [3.8, 4) is 0 Å². The lowest BCUT2D eigenvalue weighted by Gasteiger charge is -2.10. The Kier molecular flexibility index (Phi) is 5.17. The molecule has 0 amide bonds. The molecule has 0 radical (unpaired) electrons. The summed E-state index contributed by atoms with van der Waals surface area (Å²) < 4.78 is 23.6. The molecule has 0 fully saturated rings. The van der Waals surface area contributed by atoms with Gasteiger partial charge < -0.3 is 5.32 Å². The fraction of sp³-hybridized carbons (Fsp3) is 0.615. The summed E-state index contributed by atoms with van der Waals surface area (Å²) in [6.07, 6.45) is 3.39. The Balaban J connectivity index is 2.15. The summed E-state index contributed by atoms with van der Waals surface area (Å²) >= 11 is 1.29. The van der Waals surface area contributed by atoms with Crippen LogP contribution in [0.1, 0.15) is 32.4 Å². The van der Waals surface area contributed by atoms with Gasteiger partial charge in [0.25, 0.3) is 5.56 Å². The van der Waals surface area contributed by atoms with Crippen LogP contribution in [0, 0.1) is 0 Å². The molecule has 1 atom stereocenters. The monoisotopic (exact) mass is 344 g/mol. The van der Waals surface area contributed by atoms with Crippen molar-refractivity contribution in [1.82, 2.24) is 14.6 Å². The number of fused-ring (bicyclic) bond motifs is 1. The lowest BCUT2D eigenvalue weighted by molar-refractivity contribution is 0.595. The van der Waals surface area contributed by atoms with Gasteiger partial charge in [0.2, 0.25) is 10.1 Å². The van der Waals surface area contributed by atoms with E-state index in [0.29, 0.717) is 16.5 Å². The first-order valence-electron chi connectivity index (χ1n) is 7.12. The number of anilines is 1. The van der Waals surface area contributed by atoms with Gasteiger partial charge in [-0.25, -0.2) is 13.4 Å². The molecule has 9 heteroatoms. The number of aromatic nitrogens is 3. The minimum Gasteiger partial charge on any atom is -0.358 e. The zero-order chi connectivity index (χ0) is 16.3. The van der Waals surface area contributed by atoms with Crippen molar-refractivity contribution in [2.24, 2.45) is 0 Å². The molecule has 2 rings (SSSR count). The molecule has 0 aliphatic heterocycles. The minimum atomic E-state index is -2.98. The first-order chi connectivity index (χ1) is 10.3. The summed E-state index contributed by atoms with van der Waals surface area (Å²) in [5, 5.41) is 7.89. The van der Waals surface area contributed by atoms with Gasteiger partial charge in [-0.3, -0.25) is 4.79 Å². The average molecular weight is 344 g/mol. The summed E-state index contributed by atoms with van der Waals surface area (Å²) in [6.45, 7) is 3.92. The van der Waals surface area contributed by atoms with Crippen LogP contribution in [0.2, 0.25) is 0 Å². The molecule has 2 aromatic heterocycles. The summed E-state index contributed by atoms with van der Waals surface area (Å²) in [7, 11) is -2.98. The maximum atomic E-state index is 12.0. The van der Waals surface area contributed by atoms with Gasteiger partial charge in [0.05, 0.1) is 5.75 Å². The summed E-state index contributed by atoms with van der Waals surface area (Å²) in [5.74, 6) is 0.116. The van der Waals surface area contributed by atoms with Crippen molar-refractivity contribution in [1.29, 1.82) is 0 Å². The third kappa shape index (κ3) is 4.51. The average Bonchev–Trinajstić information content (AvgIpc) is 2.79. The van der Waals surface area contributed by atoms with Gasteiger partial charge in [-0.2, -0.15) is 4.52 Å². The van der Waals surface area contributed by atoms with E-state index in [1.165, 1.54) is 28.2 Å². The smallest absolute Gasteiger partial charge is 0.275 e. The van der Waals surface area contributed by atoms with Gasteiger partial charge in [0.15, 0.2) is 0 Å². The van der Waals surface area contributed by atoms with Crippen LogP contribution in [0.3, 0.4) is 0 Å². The lowest BCUT2D eigenvalue weighted by Crippen LogP contribution is -2.20. The maximum absolute atomic E-state index is 12.0. The van der Waals surface area contributed by atoms with E-state index >= 15 is 0 Å². The molecular weight excluding hydrogens is 324 g/mol. The molecule has 0 spiro atoms. The highest BCUT2D eigenvalue weighted by Crippen LogP contribution is 2.18. The van der Waals surface area contributed by atoms with E-state index in [-0.39, 0.29) is 17.4 Å². The number of rotatable bonds is 7. The van der Waals surface area contributed by atoms with Crippen molar-refractivity contribution < 1.29 is 8.42 Å². The van der Waals surface area contributed by atoms with Crippen LogP contribution < -0.4 is 10.9 Å². The molecule has 0 saturated carbocycles. The molecule has 0 saturated heterocycles. The first kappa shape index (κ1) is 16.9. The topological polar surface area (TPSA) is 93.4 Å². The van der Waals surface area contributed by atoms with E-state index in [2.05, 4.69) is 15.4 Å². The van der Waals surface area contributed by atoms with Crippen LogP contribution in [0.5, 0.6) is 0 Å². The van der Waals surface area contributed by atoms with Crippen LogP contribution >= 0.6 is 11.3 Å². The van der Waals surface area contributed by atoms with Crippen LogP contribution in [0.4, 0.5) is 5.13 Å². The predicted octanol–water partition coefficient (Wildman–Crippen LogP) is 1.34. The Morgan fingerprint density at radius 3 is 2.82 bits per heavy atom. The Bertz CT molecular complexity index is 810. The number of aryl methyl sites for hydroxylation is 1. The maximum Gasteiger partial charge on any atom is 0.275 e. The number of sulfone groups is 1. The number of nitrogens with zero attached hydrogens (tertiary/aromatic N) is 3. The standard InChI is InChI=1S/C13H20N4O3S2/c1-4-5-10-8-11(18)17-13(15-10)21-12(16-17)14-9(2)6-7-22(3,19)20/h8-9H,4-7H2,1-3H3,(H,14,16). The molecule has 122 valence electrons. The van der Waals surface area contributed by atoms with E-state index in [0.717, 1.165) is 18.5 Å². The number of hydrogen-bond acceptors (Lipinski definition) is 7. The Morgan fingerprint density at radius 1 is 1.45 bits per heavy atom. The van der Waals surface area contributed by atoms with E-state index in [1.54, 1.807) is 0 Å². The Hall–Kier alpha value is -1.48.